The molecule has 0 saturated carbocycles. The molecule has 2 rings (SSSR count). The fourth-order valence-corrected chi connectivity index (χ4v) is 2.47. The first-order valence-corrected chi connectivity index (χ1v) is 8.22. The van der Waals surface area contributed by atoms with Crippen LogP contribution in [0.25, 0.3) is 0 Å². The van der Waals surface area contributed by atoms with Crippen molar-refractivity contribution in [3.63, 3.8) is 0 Å². The predicted molar refractivity (Wildman–Crippen MR) is 94.0 cm³/mol. The van der Waals surface area contributed by atoms with Gasteiger partial charge in [0.1, 0.15) is 5.75 Å². The minimum absolute atomic E-state index is 0.102. The summed E-state index contributed by atoms with van der Waals surface area (Å²) in [5, 5.41) is 3.56. The minimum Gasteiger partial charge on any atom is -0.481 e. The van der Waals surface area contributed by atoms with Gasteiger partial charge in [-0.2, -0.15) is 0 Å². The quantitative estimate of drug-likeness (QED) is 0.815. The Balaban J connectivity index is 1.90. The molecule has 122 valence electrons. The molecule has 1 N–H and O–H groups in total. The predicted octanol–water partition coefficient (Wildman–Crippen LogP) is 4.42. The first-order chi connectivity index (χ1) is 11.1. The van der Waals surface area contributed by atoms with E-state index in [9.17, 15) is 4.79 Å². The van der Waals surface area contributed by atoms with E-state index in [1.54, 1.807) is 24.3 Å². The van der Waals surface area contributed by atoms with Gasteiger partial charge in [0, 0.05) is 11.6 Å². The molecule has 4 heteroatoms. The van der Waals surface area contributed by atoms with Crippen molar-refractivity contribution in [3.8, 4) is 5.75 Å². The number of carbonyl (C=O) groups excluding carboxylic acids is 1. The molecule has 0 aliphatic heterocycles. The monoisotopic (exact) mass is 331 g/mol. The molecule has 0 aliphatic rings. The largest absolute Gasteiger partial charge is 0.481 e. The zero-order chi connectivity index (χ0) is 16.7. The molecule has 2 atom stereocenters. The Morgan fingerprint density at radius 1 is 1.17 bits per heavy atom. The maximum atomic E-state index is 12.3. The first-order valence-electron chi connectivity index (χ1n) is 7.85. The molecule has 1 amide bonds. The Labute approximate surface area is 142 Å². The molecule has 0 heterocycles. The standard InChI is InChI=1S/C19H22ClNO2/c1-3-18(23-17-11-7-10-16(20)12-17)19(22)21-13-14(2)15-8-5-4-6-9-15/h4-12,14,18H,3,13H2,1-2H3,(H,21,22)/t14-,18+/m0/s1. The molecular formula is C19H22ClNO2. The Kier molecular flexibility index (Phi) is 6.48. The highest BCUT2D eigenvalue weighted by Crippen LogP contribution is 2.19. The van der Waals surface area contributed by atoms with Gasteiger partial charge in [-0.05, 0) is 36.1 Å². The number of carbonyl (C=O) groups is 1. The van der Waals surface area contributed by atoms with Crippen LogP contribution in [0.1, 0.15) is 31.7 Å². The van der Waals surface area contributed by atoms with E-state index in [-0.39, 0.29) is 11.8 Å². The van der Waals surface area contributed by atoms with E-state index in [1.165, 1.54) is 5.56 Å². The van der Waals surface area contributed by atoms with Crippen molar-refractivity contribution in [1.82, 2.24) is 5.32 Å². The van der Waals surface area contributed by atoms with Gasteiger partial charge >= 0.3 is 0 Å². The molecule has 0 bridgehead atoms. The smallest absolute Gasteiger partial charge is 0.261 e. The van der Waals surface area contributed by atoms with Gasteiger partial charge in [-0.1, -0.05) is 61.8 Å². The van der Waals surface area contributed by atoms with Gasteiger partial charge < -0.3 is 10.1 Å². The molecule has 2 aromatic rings. The van der Waals surface area contributed by atoms with E-state index in [1.807, 2.05) is 25.1 Å². The fraction of sp³-hybridized carbons (Fsp3) is 0.316. The molecule has 0 fully saturated rings. The molecule has 0 radical (unpaired) electrons. The van der Waals surface area contributed by atoms with Crippen LogP contribution in [0, 0.1) is 0 Å². The van der Waals surface area contributed by atoms with Crippen molar-refractivity contribution < 1.29 is 9.53 Å². The number of hydrogen-bond acceptors (Lipinski definition) is 2. The van der Waals surface area contributed by atoms with Crippen molar-refractivity contribution in [3.05, 3.63) is 65.2 Å². The lowest BCUT2D eigenvalue weighted by molar-refractivity contribution is -0.128. The van der Waals surface area contributed by atoms with Gasteiger partial charge in [0.25, 0.3) is 5.91 Å². The summed E-state index contributed by atoms with van der Waals surface area (Å²) in [6, 6.07) is 17.2. The summed E-state index contributed by atoms with van der Waals surface area (Å²) in [7, 11) is 0. The van der Waals surface area contributed by atoms with Crippen molar-refractivity contribution in [2.45, 2.75) is 32.3 Å². The molecule has 0 saturated heterocycles. The molecular weight excluding hydrogens is 310 g/mol. The lowest BCUT2D eigenvalue weighted by atomic mass is 10.0. The van der Waals surface area contributed by atoms with Gasteiger partial charge in [-0.15, -0.1) is 0 Å². The van der Waals surface area contributed by atoms with Crippen LogP contribution in [0.15, 0.2) is 54.6 Å². The molecule has 0 spiro atoms. The van der Waals surface area contributed by atoms with Crippen LogP contribution in [-0.2, 0) is 4.79 Å². The van der Waals surface area contributed by atoms with E-state index in [2.05, 4.69) is 24.4 Å². The Morgan fingerprint density at radius 2 is 1.91 bits per heavy atom. The van der Waals surface area contributed by atoms with Crippen LogP contribution in [0.2, 0.25) is 5.02 Å². The van der Waals surface area contributed by atoms with Crippen molar-refractivity contribution >= 4 is 17.5 Å². The average Bonchev–Trinajstić information content (AvgIpc) is 2.58. The van der Waals surface area contributed by atoms with Crippen LogP contribution in [0.5, 0.6) is 5.75 Å². The van der Waals surface area contributed by atoms with Crippen LogP contribution in [0.3, 0.4) is 0 Å². The second kappa shape index (κ2) is 8.59. The summed E-state index contributed by atoms with van der Waals surface area (Å²) in [4.78, 5) is 12.3. The lowest BCUT2D eigenvalue weighted by Crippen LogP contribution is -2.39. The summed E-state index contributed by atoms with van der Waals surface area (Å²) < 4.78 is 5.75. The third-order valence-corrected chi connectivity index (χ3v) is 3.92. The molecule has 3 nitrogen and oxygen atoms in total. The van der Waals surface area contributed by atoms with E-state index in [0.29, 0.717) is 23.7 Å². The molecule has 2 aromatic carbocycles. The normalized spacial score (nSPS) is 13.2. The average molecular weight is 332 g/mol. The van der Waals surface area contributed by atoms with Crippen molar-refractivity contribution in [1.29, 1.82) is 0 Å². The highest BCUT2D eigenvalue weighted by Gasteiger charge is 2.19. The number of rotatable bonds is 7. The number of nitrogens with one attached hydrogen (secondary N) is 1. The summed E-state index contributed by atoms with van der Waals surface area (Å²) in [5.41, 5.74) is 1.21. The molecule has 0 unspecified atom stereocenters. The van der Waals surface area contributed by atoms with E-state index in [4.69, 9.17) is 16.3 Å². The fourth-order valence-electron chi connectivity index (χ4n) is 2.29. The first kappa shape index (κ1) is 17.4. The van der Waals surface area contributed by atoms with Crippen molar-refractivity contribution in [2.75, 3.05) is 6.54 Å². The van der Waals surface area contributed by atoms with Crippen LogP contribution in [-0.4, -0.2) is 18.6 Å². The topological polar surface area (TPSA) is 38.3 Å². The Hall–Kier alpha value is -2.00. The third kappa shape index (κ3) is 5.29. The Bertz CT molecular complexity index is 630. The van der Waals surface area contributed by atoms with Gasteiger partial charge in [-0.25, -0.2) is 0 Å². The lowest BCUT2D eigenvalue weighted by Gasteiger charge is -2.19. The van der Waals surface area contributed by atoms with Gasteiger partial charge in [-0.3, -0.25) is 4.79 Å². The zero-order valence-electron chi connectivity index (χ0n) is 13.5. The number of amides is 1. The summed E-state index contributed by atoms with van der Waals surface area (Å²) in [6.07, 6.45) is 0.0781. The molecule has 23 heavy (non-hydrogen) atoms. The van der Waals surface area contributed by atoms with Crippen LogP contribution >= 0.6 is 11.6 Å². The number of hydrogen-bond donors (Lipinski definition) is 1. The van der Waals surface area contributed by atoms with Crippen LogP contribution in [0.4, 0.5) is 0 Å². The highest BCUT2D eigenvalue weighted by molar-refractivity contribution is 6.30. The maximum absolute atomic E-state index is 12.3. The third-order valence-electron chi connectivity index (χ3n) is 3.69. The summed E-state index contributed by atoms with van der Waals surface area (Å²) in [5.74, 6) is 0.759. The number of benzene rings is 2. The van der Waals surface area contributed by atoms with Gasteiger partial charge in [0.2, 0.25) is 0 Å². The van der Waals surface area contributed by atoms with Gasteiger partial charge in [0.15, 0.2) is 6.10 Å². The number of ether oxygens (including phenoxy) is 1. The summed E-state index contributed by atoms with van der Waals surface area (Å²) >= 11 is 5.94. The van der Waals surface area contributed by atoms with E-state index in [0.717, 1.165) is 0 Å². The van der Waals surface area contributed by atoms with E-state index >= 15 is 0 Å². The Morgan fingerprint density at radius 3 is 2.57 bits per heavy atom. The van der Waals surface area contributed by atoms with E-state index < -0.39 is 6.10 Å². The SMILES string of the molecule is CC[C@@H](Oc1cccc(Cl)c1)C(=O)NC[C@H](C)c1ccccc1. The second-order valence-electron chi connectivity index (χ2n) is 5.53. The molecule has 0 aromatic heterocycles. The van der Waals surface area contributed by atoms with Gasteiger partial charge in [0.05, 0.1) is 0 Å². The highest BCUT2D eigenvalue weighted by atomic mass is 35.5. The maximum Gasteiger partial charge on any atom is 0.261 e. The zero-order valence-corrected chi connectivity index (χ0v) is 14.2. The number of halogens is 1. The van der Waals surface area contributed by atoms with Crippen molar-refractivity contribution in [2.24, 2.45) is 0 Å². The molecule has 0 aliphatic carbocycles. The summed E-state index contributed by atoms with van der Waals surface area (Å²) in [6.45, 7) is 4.60. The van der Waals surface area contributed by atoms with Crippen LogP contribution < -0.4 is 10.1 Å². The minimum atomic E-state index is -0.517. The second-order valence-corrected chi connectivity index (χ2v) is 5.97.